The van der Waals surface area contributed by atoms with Gasteiger partial charge < -0.3 is 4.57 Å². The van der Waals surface area contributed by atoms with E-state index < -0.39 is 12.6 Å². The lowest BCUT2D eigenvalue weighted by molar-refractivity contribution is -0.135. The number of halogens is 4. The monoisotopic (exact) mass is 331 g/mol. The summed E-state index contributed by atoms with van der Waals surface area (Å²) in [5.74, 6) is 0. The number of hydrogen-bond acceptors (Lipinski definition) is 1. The van der Waals surface area contributed by atoms with E-state index in [0.29, 0.717) is 0 Å². The van der Waals surface area contributed by atoms with Gasteiger partial charge in [-0.15, -0.1) is 0 Å². The maximum absolute atomic E-state index is 11.8. The van der Waals surface area contributed by atoms with Gasteiger partial charge in [-0.25, -0.2) is 0 Å². The van der Waals surface area contributed by atoms with E-state index in [0.717, 1.165) is 3.57 Å². The average Bonchev–Trinajstić information content (AvgIpc) is 2.09. The minimum Gasteiger partial charge on any atom is -0.314 e. The quantitative estimate of drug-likeness (QED) is 0.781. The van der Waals surface area contributed by atoms with Gasteiger partial charge in [0.15, 0.2) is 0 Å². The van der Waals surface area contributed by atoms with Crippen molar-refractivity contribution in [3.05, 3.63) is 32.3 Å². The van der Waals surface area contributed by atoms with Gasteiger partial charge in [-0.2, -0.15) is 13.2 Å². The maximum Gasteiger partial charge on any atom is 0.389 e. The fourth-order valence-corrected chi connectivity index (χ4v) is 1.64. The van der Waals surface area contributed by atoms with Gasteiger partial charge in [0.2, 0.25) is 0 Å². The number of hydrogen-bond donors (Lipinski definition) is 0. The van der Waals surface area contributed by atoms with E-state index in [9.17, 15) is 18.0 Å². The molecule has 0 aliphatic heterocycles. The van der Waals surface area contributed by atoms with Crippen LogP contribution >= 0.6 is 22.6 Å². The van der Waals surface area contributed by atoms with Crippen molar-refractivity contribution in [2.45, 2.75) is 25.6 Å². The van der Waals surface area contributed by atoms with Gasteiger partial charge in [-0.1, -0.05) is 0 Å². The molecular formula is C9H9F3INO. The van der Waals surface area contributed by atoms with Crippen molar-refractivity contribution >= 4 is 22.6 Å². The first-order valence-electron chi connectivity index (χ1n) is 4.31. The largest absolute Gasteiger partial charge is 0.389 e. The molecule has 0 aromatic carbocycles. The van der Waals surface area contributed by atoms with Gasteiger partial charge in [-0.3, -0.25) is 4.79 Å². The van der Waals surface area contributed by atoms with E-state index in [1.165, 1.54) is 10.6 Å². The Balaban J connectivity index is 2.58. The summed E-state index contributed by atoms with van der Waals surface area (Å²) in [7, 11) is 0. The van der Waals surface area contributed by atoms with Crippen LogP contribution in [0.2, 0.25) is 0 Å². The molecule has 0 amide bonds. The molecule has 2 nitrogen and oxygen atoms in total. The molecule has 0 N–H and O–H groups in total. The van der Waals surface area contributed by atoms with Crippen LogP contribution in [-0.2, 0) is 6.54 Å². The van der Waals surface area contributed by atoms with Crippen molar-refractivity contribution in [2.75, 3.05) is 0 Å². The Bertz CT molecular complexity index is 386. The predicted octanol–water partition coefficient (Wildman–Crippen LogP) is 2.80. The van der Waals surface area contributed by atoms with Crippen LogP contribution in [0.5, 0.6) is 0 Å². The van der Waals surface area contributed by atoms with Gasteiger partial charge in [0, 0.05) is 28.8 Å². The first-order chi connectivity index (χ1) is 6.88. The van der Waals surface area contributed by atoms with E-state index in [1.54, 1.807) is 12.3 Å². The molecule has 1 aromatic rings. The van der Waals surface area contributed by atoms with E-state index in [-0.39, 0.29) is 18.5 Å². The highest BCUT2D eigenvalue weighted by atomic mass is 127. The number of pyridine rings is 1. The highest BCUT2D eigenvalue weighted by Gasteiger charge is 2.25. The fraction of sp³-hybridized carbons (Fsp3) is 0.444. The Hall–Kier alpha value is -0.530. The van der Waals surface area contributed by atoms with Crippen LogP contribution in [0.15, 0.2) is 23.1 Å². The third kappa shape index (κ3) is 4.67. The standard InChI is InChI=1S/C9H9F3INO/c10-9(11,12)4-1-5-14-6-7(13)2-3-8(14)15/h2-3,6H,1,4-5H2. The van der Waals surface area contributed by atoms with Crippen LogP contribution < -0.4 is 5.56 Å². The molecule has 1 aromatic heterocycles. The summed E-state index contributed by atoms with van der Waals surface area (Å²) >= 11 is 2.01. The Morgan fingerprint density at radius 2 is 2.00 bits per heavy atom. The maximum atomic E-state index is 11.8. The first-order valence-corrected chi connectivity index (χ1v) is 5.39. The molecule has 6 heteroatoms. The second kappa shape index (κ2) is 5.00. The molecule has 0 spiro atoms. The normalized spacial score (nSPS) is 11.7. The van der Waals surface area contributed by atoms with Crippen molar-refractivity contribution < 1.29 is 13.2 Å². The Labute approximate surface area is 98.2 Å². The molecule has 1 rings (SSSR count). The summed E-state index contributed by atoms with van der Waals surface area (Å²) in [5, 5.41) is 0. The van der Waals surface area contributed by atoms with Crippen molar-refractivity contribution in [1.29, 1.82) is 0 Å². The number of alkyl halides is 3. The molecule has 0 atom stereocenters. The summed E-state index contributed by atoms with van der Waals surface area (Å²) in [6.07, 6.45) is -3.51. The first kappa shape index (κ1) is 12.5. The lowest BCUT2D eigenvalue weighted by atomic mass is 10.3. The van der Waals surface area contributed by atoms with E-state index in [2.05, 4.69) is 0 Å². The van der Waals surface area contributed by atoms with Gasteiger partial charge in [0.1, 0.15) is 0 Å². The average molecular weight is 331 g/mol. The second-order valence-electron chi connectivity index (χ2n) is 3.10. The third-order valence-electron chi connectivity index (χ3n) is 1.81. The smallest absolute Gasteiger partial charge is 0.314 e. The Morgan fingerprint density at radius 1 is 1.33 bits per heavy atom. The molecular weight excluding hydrogens is 322 g/mol. The van der Waals surface area contributed by atoms with E-state index in [4.69, 9.17) is 0 Å². The lowest BCUT2D eigenvalue weighted by Gasteiger charge is -2.07. The lowest BCUT2D eigenvalue weighted by Crippen LogP contribution is -2.20. The zero-order chi connectivity index (χ0) is 11.5. The highest BCUT2D eigenvalue weighted by molar-refractivity contribution is 14.1. The minimum atomic E-state index is -4.15. The van der Waals surface area contributed by atoms with Crippen molar-refractivity contribution in [2.24, 2.45) is 0 Å². The SMILES string of the molecule is O=c1ccc(I)cn1CCCC(F)(F)F. The van der Waals surface area contributed by atoms with Crippen LogP contribution in [0.1, 0.15) is 12.8 Å². The number of aromatic nitrogens is 1. The second-order valence-corrected chi connectivity index (χ2v) is 4.34. The molecule has 0 saturated heterocycles. The van der Waals surface area contributed by atoms with Gasteiger partial charge in [0.25, 0.3) is 5.56 Å². The number of nitrogens with zero attached hydrogens (tertiary/aromatic N) is 1. The van der Waals surface area contributed by atoms with Gasteiger partial charge in [-0.05, 0) is 35.1 Å². The Kier molecular flexibility index (Phi) is 4.18. The fourth-order valence-electron chi connectivity index (χ4n) is 1.13. The van der Waals surface area contributed by atoms with Gasteiger partial charge in [0.05, 0.1) is 0 Å². The molecule has 0 aliphatic carbocycles. The van der Waals surface area contributed by atoms with Crippen LogP contribution in [0.4, 0.5) is 13.2 Å². The molecule has 0 bridgehead atoms. The summed E-state index contributed by atoms with van der Waals surface area (Å²) in [6.45, 7) is 0.106. The van der Waals surface area contributed by atoms with E-state index >= 15 is 0 Å². The molecule has 0 aliphatic rings. The molecule has 1 heterocycles. The molecule has 84 valence electrons. The molecule has 0 fully saturated rings. The summed E-state index contributed by atoms with van der Waals surface area (Å²) < 4.78 is 37.7. The molecule has 0 saturated carbocycles. The third-order valence-corrected chi connectivity index (χ3v) is 2.44. The highest BCUT2D eigenvalue weighted by Crippen LogP contribution is 2.21. The number of rotatable bonds is 3. The summed E-state index contributed by atoms with van der Waals surface area (Å²) in [4.78, 5) is 11.2. The molecule has 0 unspecified atom stereocenters. The van der Waals surface area contributed by atoms with Crippen molar-refractivity contribution in [1.82, 2.24) is 4.57 Å². The van der Waals surface area contributed by atoms with Crippen LogP contribution in [0.25, 0.3) is 0 Å². The zero-order valence-electron chi connectivity index (χ0n) is 7.72. The van der Waals surface area contributed by atoms with Gasteiger partial charge >= 0.3 is 6.18 Å². The molecule has 15 heavy (non-hydrogen) atoms. The van der Waals surface area contributed by atoms with Crippen molar-refractivity contribution in [3.63, 3.8) is 0 Å². The predicted molar refractivity (Wildman–Crippen MR) is 58.7 cm³/mol. The van der Waals surface area contributed by atoms with Crippen LogP contribution in [0, 0.1) is 3.57 Å². The topological polar surface area (TPSA) is 22.0 Å². The van der Waals surface area contributed by atoms with E-state index in [1.807, 2.05) is 22.6 Å². The number of aryl methyl sites for hydroxylation is 1. The van der Waals surface area contributed by atoms with Crippen LogP contribution in [0.3, 0.4) is 0 Å². The minimum absolute atomic E-state index is 0.0660. The zero-order valence-corrected chi connectivity index (χ0v) is 9.88. The molecule has 0 radical (unpaired) electrons. The Morgan fingerprint density at radius 3 is 2.60 bits per heavy atom. The summed E-state index contributed by atoms with van der Waals surface area (Å²) in [6, 6.07) is 2.98. The van der Waals surface area contributed by atoms with Crippen molar-refractivity contribution in [3.8, 4) is 0 Å². The summed E-state index contributed by atoms with van der Waals surface area (Å²) in [5.41, 5.74) is -0.266. The van der Waals surface area contributed by atoms with Crippen LogP contribution in [-0.4, -0.2) is 10.7 Å².